The highest BCUT2D eigenvalue weighted by Gasteiger charge is 2.18. The van der Waals surface area contributed by atoms with E-state index in [0.717, 1.165) is 17.9 Å². The predicted octanol–water partition coefficient (Wildman–Crippen LogP) is 2.92. The average Bonchev–Trinajstić information content (AvgIpc) is 2.42. The van der Waals surface area contributed by atoms with Crippen molar-refractivity contribution in [1.82, 2.24) is 4.90 Å². The zero-order valence-electron chi connectivity index (χ0n) is 12.2. The van der Waals surface area contributed by atoms with E-state index in [1.807, 2.05) is 6.92 Å². The second-order valence-corrected chi connectivity index (χ2v) is 5.39. The van der Waals surface area contributed by atoms with Gasteiger partial charge in [0.2, 0.25) is 0 Å². The van der Waals surface area contributed by atoms with Crippen molar-refractivity contribution in [2.24, 2.45) is 5.73 Å². The lowest BCUT2D eigenvalue weighted by Gasteiger charge is -2.33. The Kier molecular flexibility index (Phi) is 5.23. The van der Waals surface area contributed by atoms with Crippen molar-refractivity contribution < 1.29 is 4.74 Å². The monoisotopic (exact) mass is 262 g/mol. The number of piperidine rings is 1. The fourth-order valence-corrected chi connectivity index (χ4v) is 2.78. The van der Waals surface area contributed by atoms with Crippen molar-refractivity contribution >= 4 is 0 Å². The van der Waals surface area contributed by atoms with E-state index in [-0.39, 0.29) is 0 Å². The third kappa shape index (κ3) is 3.71. The van der Waals surface area contributed by atoms with Gasteiger partial charge in [0.15, 0.2) is 0 Å². The van der Waals surface area contributed by atoms with Crippen LogP contribution in [0.4, 0.5) is 0 Å². The summed E-state index contributed by atoms with van der Waals surface area (Å²) in [6, 6.07) is 7.15. The molecule has 1 saturated heterocycles. The van der Waals surface area contributed by atoms with E-state index in [0.29, 0.717) is 19.2 Å². The summed E-state index contributed by atoms with van der Waals surface area (Å²) >= 11 is 0. The fraction of sp³-hybridized carbons (Fsp3) is 0.625. The SMILES string of the molecule is CCOc1cc(CN2CCCCC2C)ccc1CN. The Morgan fingerprint density at radius 2 is 2.21 bits per heavy atom. The highest BCUT2D eigenvalue weighted by atomic mass is 16.5. The molecule has 0 amide bonds. The third-order valence-electron chi connectivity index (χ3n) is 3.98. The number of benzene rings is 1. The van der Waals surface area contributed by atoms with Crippen LogP contribution in [0, 0.1) is 0 Å². The first kappa shape index (κ1) is 14.4. The molecule has 1 fully saturated rings. The average molecular weight is 262 g/mol. The van der Waals surface area contributed by atoms with Crippen molar-refractivity contribution in [2.75, 3.05) is 13.2 Å². The maximum absolute atomic E-state index is 5.75. The predicted molar refractivity (Wildman–Crippen MR) is 79.2 cm³/mol. The van der Waals surface area contributed by atoms with Crippen molar-refractivity contribution in [3.8, 4) is 5.75 Å². The molecule has 0 saturated carbocycles. The van der Waals surface area contributed by atoms with E-state index in [4.69, 9.17) is 10.5 Å². The normalized spacial score (nSPS) is 20.5. The summed E-state index contributed by atoms with van der Waals surface area (Å²) in [4.78, 5) is 2.57. The van der Waals surface area contributed by atoms with E-state index in [2.05, 4.69) is 30.0 Å². The highest BCUT2D eigenvalue weighted by Crippen LogP contribution is 2.24. The van der Waals surface area contributed by atoms with Crippen molar-refractivity contribution in [1.29, 1.82) is 0 Å². The van der Waals surface area contributed by atoms with Crippen LogP contribution >= 0.6 is 0 Å². The highest BCUT2D eigenvalue weighted by molar-refractivity contribution is 5.37. The minimum atomic E-state index is 0.537. The van der Waals surface area contributed by atoms with E-state index in [1.165, 1.54) is 31.4 Å². The van der Waals surface area contributed by atoms with Crippen LogP contribution in [-0.2, 0) is 13.1 Å². The molecule has 0 spiro atoms. The Balaban J connectivity index is 2.09. The topological polar surface area (TPSA) is 38.5 Å². The van der Waals surface area contributed by atoms with Crippen LogP contribution < -0.4 is 10.5 Å². The molecule has 1 aliphatic rings. The van der Waals surface area contributed by atoms with Crippen molar-refractivity contribution in [3.63, 3.8) is 0 Å². The third-order valence-corrected chi connectivity index (χ3v) is 3.98. The molecule has 19 heavy (non-hydrogen) atoms. The van der Waals surface area contributed by atoms with Gasteiger partial charge in [-0.3, -0.25) is 4.90 Å². The van der Waals surface area contributed by atoms with Gasteiger partial charge in [-0.05, 0) is 44.9 Å². The maximum Gasteiger partial charge on any atom is 0.124 e. The van der Waals surface area contributed by atoms with Gasteiger partial charge in [-0.25, -0.2) is 0 Å². The van der Waals surface area contributed by atoms with Gasteiger partial charge in [-0.15, -0.1) is 0 Å². The van der Waals surface area contributed by atoms with Crippen LogP contribution in [0.1, 0.15) is 44.2 Å². The molecule has 1 atom stereocenters. The van der Waals surface area contributed by atoms with Crippen molar-refractivity contribution in [3.05, 3.63) is 29.3 Å². The largest absolute Gasteiger partial charge is 0.494 e. The molecule has 0 aromatic heterocycles. The molecular weight excluding hydrogens is 236 g/mol. The molecule has 1 unspecified atom stereocenters. The van der Waals surface area contributed by atoms with Crippen molar-refractivity contribution in [2.45, 2.75) is 52.2 Å². The quantitative estimate of drug-likeness (QED) is 0.886. The number of hydrogen-bond donors (Lipinski definition) is 1. The Bertz CT molecular complexity index is 406. The zero-order valence-corrected chi connectivity index (χ0v) is 12.2. The second kappa shape index (κ2) is 6.92. The van der Waals surface area contributed by atoms with Crippen LogP contribution in [-0.4, -0.2) is 24.1 Å². The molecule has 106 valence electrons. The first-order chi connectivity index (χ1) is 9.24. The molecule has 2 rings (SSSR count). The standard InChI is InChI=1S/C16H26N2O/c1-3-19-16-10-14(7-8-15(16)11-17)12-18-9-5-4-6-13(18)2/h7-8,10,13H,3-6,9,11-12,17H2,1-2H3. The molecule has 1 aliphatic heterocycles. The van der Waals surface area contributed by atoms with Crippen LogP contribution in [0.15, 0.2) is 18.2 Å². The Hall–Kier alpha value is -1.06. The summed E-state index contributed by atoms with van der Waals surface area (Å²) in [6.45, 7) is 7.80. The van der Waals surface area contributed by atoms with Gasteiger partial charge in [0.1, 0.15) is 5.75 Å². The van der Waals surface area contributed by atoms with Crippen LogP contribution in [0.3, 0.4) is 0 Å². The first-order valence-corrected chi connectivity index (χ1v) is 7.43. The lowest BCUT2D eigenvalue weighted by Crippen LogP contribution is -2.36. The zero-order chi connectivity index (χ0) is 13.7. The molecule has 2 N–H and O–H groups in total. The number of likely N-dealkylation sites (tertiary alicyclic amines) is 1. The molecule has 3 heteroatoms. The van der Waals surface area contributed by atoms with E-state index >= 15 is 0 Å². The number of hydrogen-bond acceptors (Lipinski definition) is 3. The molecule has 1 aromatic rings. The Labute approximate surface area is 116 Å². The summed E-state index contributed by atoms with van der Waals surface area (Å²) in [6.07, 6.45) is 4.01. The van der Waals surface area contributed by atoms with E-state index < -0.39 is 0 Å². The molecule has 1 aromatic carbocycles. The molecule has 0 bridgehead atoms. The lowest BCUT2D eigenvalue weighted by atomic mass is 10.0. The van der Waals surface area contributed by atoms with Gasteiger partial charge >= 0.3 is 0 Å². The van der Waals surface area contributed by atoms with Crippen LogP contribution in [0.5, 0.6) is 5.75 Å². The van der Waals surface area contributed by atoms with Gasteiger partial charge in [0, 0.05) is 24.7 Å². The Morgan fingerprint density at radius 1 is 1.37 bits per heavy atom. The van der Waals surface area contributed by atoms with Crippen LogP contribution in [0.25, 0.3) is 0 Å². The minimum Gasteiger partial charge on any atom is -0.494 e. The summed E-state index contributed by atoms with van der Waals surface area (Å²) in [5.41, 5.74) is 8.17. The van der Waals surface area contributed by atoms with Crippen LogP contribution in [0.2, 0.25) is 0 Å². The van der Waals surface area contributed by atoms with E-state index in [9.17, 15) is 0 Å². The molecule has 3 nitrogen and oxygen atoms in total. The van der Waals surface area contributed by atoms with Gasteiger partial charge in [-0.2, -0.15) is 0 Å². The fourth-order valence-electron chi connectivity index (χ4n) is 2.78. The van der Waals surface area contributed by atoms with Gasteiger partial charge in [-0.1, -0.05) is 18.6 Å². The van der Waals surface area contributed by atoms with Gasteiger partial charge < -0.3 is 10.5 Å². The molecule has 0 aliphatic carbocycles. The molecule has 0 radical (unpaired) electrons. The number of ether oxygens (including phenoxy) is 1. The minimum absolute atomic E-state index is 0.537. The van der Waals surface area contributed by atoms with Gasteiger partial charge in [0.05, 0.1) is 6.61 Å². The smallest absolute Gasteiger partial charge is 0.124 e. The maximum atomic E-state index is 5.75. The molecular formula is C16H26N2O. The first-order valence-electron chi connectivity index (χ1n) is 7.43. The number of nitrogens with zero attached hydrogens (tertiary/aromatic N) is 1. The lowest BCUT2D eigenvalue weighted by molar-refractivity contribution is 0.152. The summed E-state index contributed by atoms with van der Waals surface area (Å²) in [7, 11) is 0. The summed E-state index contributed by atoms with van der Waals surface area (Å²) < 4.78 is 5.69. The van der Waals surface area contributed by atoms with E-state index in [1.54, 1.807) is 0 Å². The summed E-state index contributed by atoms with van der Waals surface area (Å²) in [5, 5.41) is 0. The summed E-state index contributed by atoms with van der Waals surface area (Å²) in [5.74, 6) is 0.951. The number of nitrogens with two attached hydrogens (primary N) is 1. The second-order valence-electron chi connectivity index (χ2n) is 5.39. The Morgan fingerprint density at radius 3 is 2.89 bits per heavy atom. The number of rotatable bonds is 5. The molecule has 1 heterocycles. The van der Waals surface area contributed by atoms with Gasteiger partial charge in [0.25, 0.3) is 0 Å².